The normalized spacial score (nSPS) is 17.4. The number of rotatable bonds is 1. The zero-order chi connectivity index (χ0) is 15.4. The highest BCUT2D eigenvalue weighted by molar-refractivity contribution is 6.83. The maximum Gasteiger partial charge on any atom is 0.410 e. The summed E-state index contributed by atoms with van der Waals surface area (Å²) in [6.07, 6.45) is 2.88. The lowest BCUT2D eigenvalue weighted by molar-refractivity contribution is 0.0186. The van der Waals surface area contributed by atoms with Crippen molar-refractivity contribution >= 4 is 14.2 Å². The van der Waals surface area contributed by atoms with Crippen LogP contribution in [0.25, 0.3) is 0 Å². The van der Waals surface area contributed by atoms with Gasteiger partial charge in [0.2, 0.25) is 0 Å². The molecule has 114 valence electrons. The second-order valence-electron chi connectivity index (χ2n) is 7.67. The van der Waals surface area contributed by atoms with Gasteiger partial charge < -0.3 is 9.64 Å². The van der Waals surface area contributed by atoms with E-state index in [4.69, 9.17) is 4.74 Å². The van der Waals surface area contributed by atoms with Gasteiger partial charge in [0.15, 0.2) is 0 Å². The molecule has 0 N–H and O–H groups in total. The van der Waals surface area contributed by atoms with Crippen molar-refractivity contribution in [1.29, 1.82) is 0 Å². The number of nitrogens with zero attached hydrogens (tertiary/aromatic N) is 1. The average molecular weight is 295 g/mol. The van der Waals surface area contributed by atoms with E-state index in [0.717, 1.165) is 32.4 Å². The summed E-state index contributed by atoms with van der Waals surface area (Å²) in [7, 11) is -1.25. The summed E-state index contributed by atoms with van der Waals surface area (Å²) in [5.41, 5.74) is 3.01. The molecule has 1 aliphatic rings. The molecule has 0 aromatic rings. The van der Waals surface area contributed by atoms with Gasteiger partial charge in [0.25, 0.3) is 0 Å². The van der Waals surface area contributed by atoms with Crippen LogP contribution in [0.1, 0.15) is 40.0 Å². The summed E-state index contributed by atoms with van der Waals surface area (Å²) in [5, 5.41) is 0. The lowest BCUT2D eigenvalue weighted by Crippen LogP contribution is -2.41. The Hall–Kier alpha value is -0.953. The molecule has 0 atom stereocenters. The minimum atomic E-state index is -1.25. The van der Waals surface area contributed by atoms with Gasteiger partial charge in [-0.05, 0) is 39.5 Å². The third-order valence-electron chi connectivity index (χ3n) is 3.12. The third kappa shape index (κ3) is 7.00. The van der Waals surface area contributed by atoms with Crippen LogP contribution in [0.3, 0.4) is 0 Å². The Morgan fingerprint density at radius 1 is 1.25 bits per heavy atom. The summed E-state index contributed by atoms with van der Waals surface area (Å²) in [6, 6.07) is 0. The predicted molar refractivity (Wildman–Crippen MR) is 86.3 cm³/mol. The quantitative estimate of drug-likeness (QED) is 0.542. The van der Waals surface area contributed by atoms with Crippen LogP contribution in [-0.2, 0) is 4.74 Å². The van der Waals surface area contributed by atoms with Crippen molar-refractivity contribution in [1.82, 2.24) is 4.90 Å². The van der Waals surface area contributed by atoms with Crippen molar-refractivity contribution in [2.75, 3.05) is 13.1 Å². The molecule has 4 heteroatoms. The zero-order valence-corrected chi connectivity index (χ0v) is 14.9. The van der Waals surface area contributed by atoms with Crippen molar-refractivity contribution < 1.29 is 9.53 Å². The number of piperidine rings is 1. The Morgan fingerprint density at radius 3 is 2.25 bits per heavy atom. The van der Waals surface area contributed by atoms with Gasteiger partial charge in [-0.2, -0.15) is 0 Å². The standard InChI is InChI=1S/C16H29NO2Si/c1-16(2,3)19-15(18)17-11-9-14(10-12-17)8-7-13-20(4,5)6/h14H,8-12H2,1-6H3. The SMILES string of the molecule is CC(C)(C)OC(=O)N1CCC(CC#C[Si](C)(C)C)CC1. The number of ether oxygens (including phenoxy) is 1. The maximum absolute atomic E-state index is 11.9. The van der Waals surface area contributed by atoms with Gasteiger partial charge in [-0.15, -0.1) is 11.5 Å². The fourth-order valence-electron chi connectivity index (χ4n) is 2.11. The van der Waals surface area contributed by atoms with Crippen LogP contribution in [0.15, 0.2) is 0 Å². The minimum Gasteiger partial charge on any atom is -0.444 e. The molecule has 0 aromatic carbocycles. The molecule has 1 aliphatic heterocycles. The molecule has 20 heavy (non-hydrogen) atoms. The maximum atomic E-state index is 11.9. The van der Waals surface area contributed by atoms with E-state index < -0.39 is 13.7 Å². The van der Waals surface area contributed by atoms with E-state index in [1.54, 1.807) is 0 Å². The van der Waals surface area contributed by atoms with E-state index >= 15 is 0 Å². The molecule has 0 unspecified atom stereocenters. The topological polar surface area (TPSA) is 29.5 Å². The van der Waals surface area contributed by atoms with Crippen LogP contribution in [0.2, 0.25) is 19.6 Å². The molecular weight excluding hydrogens is 266 g/mol. The first kappa shape index (κ1) is 17.1. The van der Waals surface area contributed by atoms with Gasteiger partial charge in [-0.25, -0.2) is 4.79 Å². The van der Waals surface area contributed by atoms with Gasteiger partial charge in [-0.3, -0.25) is 0 Å². The summed E-state index contributed by atoms with van der Waals surface area (Å²) in [6.45, 7) is 14.1. The molecule has 1 heterocycles. The van der Waals surface area contributed by atoms with Crippen molar-refractivity contribution in [2.45, 2.75) is 65.3 Å². The number of hydrogen-bond donors (Lipinski definition) is 0. The van der Waals surface area contributed by atoms with E-state index in [-0.39, 0.29) is 6.09 Å². The van der Waals surface area contributed by atoms with Gasteiger partial charge in [-0.1, -0.05) is 19.6 Å². The van der Waals surface area contributed by atoms with Gasteiger partial charge in [0.1, 0.15) is 13.7 Å². The van der Waals surface area contributed by atoms with Crippen LogP contribution < -0.4 is 0 Å². The Labute approximate surface area is 125 Å². The van der Waals surface area contributed by atoms with E-state index in [1.165, 1.54) is 0 Å². The van der Waals surface area contributed by atoms with E-state index in [0.29, 0.717) is 5.92 Å². The summed E-state index contributed by atoms with van der Waals surface area (Å²) in [5.74, 6) is 3.99. The Balaban J connectivity index is 2.36. The number of carbonyl (C=O) groups is 1. The van der Waals surface area contributed by atoms with Gasteiger partial charge in [0.05, 0.1) is 0 Å². The Bertz CT molecular complexity index is 387. The molecule has 0 saturated carbocycles. The number of amides is 1. The molecule has 3 nitrogen and oxygen atoms in total. The van der Waals surface area contributed by atoms with E-state index in [2.05, 4.69) is 31.1 Å². The second-order valence-corrected chi connectivity index (χ2v) is 12.4. The van der Waals surface area contributed by atoms with E-state index in [1.807, 2.05) is 25.7 Å². The molecule has 0 aromatic heterocycles. The zero-order valence-electron chi connectivity index (χ0n) is 13.9. The van der Waals surface area contributed by atoms with Gasteiger partial charge >= 0.3 is 6.09 Å². The molecule has 0 spiro atoms. The molecule has 1 fully saturated rings. The summed E-state index contributed by atoms with van der Waals surface area (Å²) < 4.78 is 5.40. The molecule has 1 amide bonds. The molecule has 1 rings (SSSR count). The van der Waals surface area contributed by atoms with Crippen molar-refractivity contribution in [3.63, 3.8) is 0 Å². The van der Waals surface area contributed by atoms with Crippen LogP contribution in [-0.4, -0.2) is 37.8 Å². The van der Waals surface area contributed by atoms with Crippen molar-refractivity contribution in [2.24, 2.45) is 5.92 Å². The number of hydrogen-bond acceptors (Lipinski definition) is 2. The highest BCUT2D eigenvalue weighted by Gasteiger charge is 2.26. The largest absolute Gasteiger partial charge is 0.444 e. The highest BCUT2D eigenvalue weighted by Crippen LogP contribution is 2.21. The Morgan fingerprint density at radius 2 is 1.80 bits per heavy atom. The van der Waals surface area contributed by atoms with E-state index in [9.17, 15) is 4.79 Å². The van der Waals surface area contributed by atoms with Crippen molar-refractivity contribution in [3.05, 3.63) is 0 Å². The highest BCUT2D eigenvalue weighted by atomic mass is 28.3. The van der Waals surface area contributed by atoms with Crippen LogP contribution >= 0.6 is 0 Å². The number of likely N-dealkylation sites (tertiary alicyclic amines) is 1. The lowest BCUT2D eigenvalue weighted by Gasteiger charge is -2.32. The van der Waals surface area contributed by atoms with Gasteiger partial charge in [0, 0.05) is 19.5 Å². The first-order valence-corrected chi connectivity index (χ1v) is 11.0. The molecule has 0 radical (unpaired) electrons. The molecule has 1 saturated heterocycles. The minimum absolute atomic E-state index is 0.177. The molecule has 0 aliphatic carbocycles. The fourth-order valence-corrected chi connectivity index (χ4v) is 2.74. The summed E-state index contributed by atoms with van der Waals surface area (Å²) in [4.78, 5) is 13.8. The monoisotopic (exact) mass is 295 g/mol. The summed E-state index contributed by atoms with van der Waals surface area (Å²) >= 11 is 0. The first-order chi connectivity index (χ1) is 9.07. The van der Waals surface area contributed by atoms with Crippen LogP contribution in [0, 0.1) is 17.4 Å². The predicted octanol–water partition coefficient (Wildman–Crippen LogP) is 3.90. The van der Waals surface area contributed by atoms with Crippen LogP contribution in [0.5, 0.6) is 0 Å². The van der Waals surface area contributed by atoms with Crippen molar-refractivity contribution in [3.8, 4) is 11.5 Å². The molecule has 0 bridgehead atoms. The smallest absolute Gasteiger partial charge is 0.410 e. The lowest BCUT2D eigenvalue weighted by atomic mass is 9.94. The third-order valence-corrected chi connectivity index (χ3v) is 4.05. The van der Waals surface area contributed by atoms with Crippen LogP contribution in [0.4, 0.5) is 4.79 Å². The molecular formula is C16H29NO2Si. The second kappa shape index (κ2) is 6.67. The Kier molecular flexibility index (Phi) is 5.70. The fraction of sp³-hybridized carbons (Fsp3) is 0.812. The number of carbonyl (C=O) groups excluding carboxylic acids is 1. The first-order valence-electron chi connectivity index (χ1n) is 7.55. The average Bonchev–Trinajstić information content (AvgIpc) is 2.25.